The average molecular weight is 290 g/mol. The van der Waals surface area contributed by atoms with Gasteiger partial charge in [-0.15, -0.1) is 0 Å². The quantitative estimate of drug-likeness (QED) is 0.712. The van der Waals surface area contributed by atoms with Crippen LogP contribution >= 0.6 is 0 Å². The molecule has 7 heteroatoms. The van der Waals surface area contributed by atoms with Gasteiger partial charge in [0, 0.05) is 26.2 Å². The molecule has 1 aliphatic carbocycles. The van der Waals surface area contributed by atoms with Crippen molar-refractivity contribution < 1.29 is 23.1 Å². The summed E-state index contributed by atoms with van der Waals surface area (Å²) >= 11 is 0. The Labute approximate surface area is 116 Å². The van der Waals surface area contributed by atoms with Gasteiger partial charge in [-0.05, 0) is 26.7 Å². The number of alkyl halides is 2. The highest BCUT2D eigenvalue weighted by Gasteiger charge is 2.60. The minimum Gasteiger partial charge on any atom is -0.342 e. The number of halogens is 2. The van der Waals surface area contributed by atoms with Crippen LogP contribution in [0.4, 0.5) is 8.78 Å². The van der Waals surface area contributed by atoms with E-state index in [1.165, 1.54) is 4.90 Å². The molecule has 0 aromatic rings. The first-order chi connectivity index (χ1) is 9.28. The van der Waals surface area contributed by atoms with Gasteiger partial charge in [0.15, 0.2) is 0 Å². The molecule has 20 heavy (non-hydrogen) atoms. The van der Waals surface area contributed by atoms with Gasteiger partial charge in [-0.2, -0.15) is 8.78 Å². The molecule has 114 valence electrons. The number of nitrogens with zero attached hydrogens (tertiary/aromatic N) is 2. The monoisotopic (exact) mass is 290 g/mol. The molecule has 1 heterocycles. The second kappa shape index (κ2) is 5.27. The number of likely N-dealkylation sites (tertiary alicyclic amines) is 1. The average Bonchev–Trinajstić information content (AvgIpc) is 3.11. The van der Waals surface area contributed by atoms with Crippen molar-refractivity contribution in [2.24, 2.45) is 5.41 Å². The van der Waals surface area contributed by atoms with Gasteiger partial charge >= 0.3 is 6.61 Å². The number of amides is 2. The summed E-state index contributed by atoms with van der Waals surface area (Å²) in [5.41, 5.74) is -0.950. The minimum atomic E-state index is -2.82. The molecule has 5 nitrogen and oxygen atoms in total. The molecule has 0 bridgehead atoms. The maximum Gasteiger partial charge on any atom is 0.345 e. The summed E-state index contributed by atoms with van der Waals surface area (Å²) < 4.78 is 28.4. The van der Waals surface area contributed by atoms with E-state index in [9.17, 15) is 18.4 Å². The van der Waals surface area contributed by atoms with Crippen LogP contribution in [0.1, 0.15) is 26.7 Å². The maximum absolute atomic E-state index is 12.3. The van der Waals surface area contributed by atoms with Crippen LogP contribution in [0.25, 0.3) is 0 Å². The van der Waals surface area contributed by atoms with Crippen LogP contribution in [0.3, 0.4) is 0 Å². The second-order valence-corrected chi connectivity index (χ2v) is 5.82. The third kappa shape index (κ3) is 2.63. The van der Waals surface area contributed by atoms with Crippen LogP contribution in [0, 0.1) is 5.41 Å². The highest BCUT2D eigenvalue weighted by atomic mass is 19.3. The van der Waals surface area contributed by atoms with E-state index >= 15 is 0 Å². The molecule has 2 aliphatic rings. The summed E-state index contributed by atoms with van der Waals surface area (Å²) in [5, 5.41) is 0. The molecule has 2 amide bonds. The van der Waals surface area contributed by atoms with E-state index in [2.05, 4.69) is 4.74 Å². The van der Waals surface area contributed by atoms with Crippen molar-refractivity contribution in [3.63, 3.8) is 0 Å². The van der Waals surface area contributed by atoms with Crippen molar-refractivity contribution in [1.29, 1.82) is 0 Å². The molecule has 0 aromatic carbocycles. The summed E-state index contributed by atoms with van der Waals surface area (Å²) in [7, 11) is 1.68. The van der Waals surface area contributed by atoms with Gasteiger partial charge in [0.2, 0.25) is 11.8 Å². The Morgan fingerprint density at radius 2 is 1.85 bits per heavy atom. The Hall–Kier alpha value is -1.24. The zero-order valence-corrected chi connectivity index (χ0v) is 11.9. The van der Waals surface area contributed by atoms with E-state index in [0.717, 1.165) is 0 Å². The number of carbonyl (C=O) groups excluding carboxylic acids is 2. The van der Waals surface area contributed by atoms with E-state index in [0.29, 0.717) is 12.8 Å². The molecule has 0 radical (unpaired) electrons. The fraction of sp³-hybridized carbons (Fsp3) is 0.846. The fourth-order valence-corrected chi connectivity index (χ4v) is 2.35. The minimum absolute atomic E-state index is 0.0269. The lowest BCUT2D eigenvalue weighted by atomic mass is 9.99. The van der Waals surface area contributed by atoms with Crippen molar-refractivity contribution in [2.75, 3.05) is 20.1 Å². The van der Waals surface area contributed by atoms with Gasteiger partial charge < -0.3 is 14.5 Å². The molecule has 0 atom stereocenters. The predicted octanol–water partition coefficient (Wildman–Crippen LogP) is 1.08. The maximum atomic E-state index is 12.3. The van der Waals surface area contributed by atoms with Crippen molar-refractivity contribution in [3.05, 3.63) is 0 Å². The zero-order chi connectivity index (χ0) is 15.1. The summed E-state index contributed by atoms with van der Waals surface area (Å²) in [6.45, 7) is 1.23. The van der Waals surface area contributed by atoms with E-state index in [-0.39, 0.29) is 30.9 Å². The molecule has 0 spiro atoms. The van der Waals surface area contributed by atoms with Gasteiger partial charge in [-0.1, -0.05) is 0 Å². The van der Waals surface area contributed by atoms with E-state index < -0.39 is 18.1 Å². The highest BCUT2D eigenvalue weighted by molar-refractivity contribution is 6.08. The van der Waals surface area contributed by atoms with E-state index in [1.807, 2.05) is 13.8 Å². The molecule has 1 saturated heterocycles. The van der Waals surface area contributed by atoms with E-state index in [1.54, 1.807) is 11.9 Å². The summed E-state index contributed by atoms with van der Waals surface area (Å²) in [6.07, 6.45) is 0.463. The van der Waals surface area contributed by atoms with Gasteiger partial charge in [0.25, 0.3) is 0 Å². The molecule has 0 unspecified atom stereocenters. The normalized spacial score (nSPS) is 21.1. The van der Waals surface area contributed by atoms with E-state index in [4.69, 9.17) is 0 Å². The third-order valence-corrected chi connectivity index (χ3v) is 4.09. The fourth-order valence-electron chi connectivity index (χ4n) is 2.35. The van der Waals surface area contributed by atoms with Crippen LogP contribution in [-0.2, 0) is 14.3 Å². The van der Waals surface area contributed by atoms with Crippen LogP contribution < -0.4 is 0 Å². The Morgan fingerprint density at radius 3 is 2.25 bits per heavy atom. The summed E-state index contributed by atoms with van der Waals surface area (Å²) in [4.78, 5) is 27.7. The number of hydrogen-bond acceptors (Lipinski definition) is 3. The van der Waals surface area contributed by atoms with Gasteiger partial charge in [0.1, 0.15) is 5.41 Å². The molecular weight excluding hydrogens is 270 g/mol. The van der Waals surface area contributed by atoms with Crippen molar-refractivity contribution >= 4 is 11.8 Å². The lowest BCUT2D eigenvalue weighted by Crippen LogP contribution is -2.59. The largest absolute Gasteiger partial charge is 0.345 e. The lowest BCUT2D eigenvalue weighted by Gasteiger charge is -2.41. The van der Waals surface area contributed by atoms with Crippen LogP contribution in [-0.4, -0.2) is 60.5 Å². The lowest BCUT2D eigenvalue weighted by molar-refractivity contribution is -0.201. The zero-order valence-electron chi connectivity index (χ0n) is 11.9. The molecule has 0 aromatic heterocycles. The van der Waals surface area contributed by atoms with Crippen LogP contribution in [0.15, 0.2) is 0 Å². The van der Waals surface area contributed by atoms with Gasteiger partial charge in [-0.25, -0.2) is 0 Å². The molecular formula is C13H20F2N2O3. The van der Waals surface area contributed by atoms with Crippen LogP contribution in [0.2, 0.25) is 0 Å². The first kappa shape index (κ1) is 15.2. The standard InChI is InChI=1S/C13H20F2N2O3/c1-8(2)16(3)10(18)13(4-5-13)11(19)17-6-9(7-17)20-12(14)15/h8-9,12H,4-7H2,1-3H3. The van der Waals surface area contributed by atoms with Crippen molar-refractivity contribution in [2.45, 2.75) is 45.4 Å². The highest BCUT2D eigenvalue weighted by Crippen LogP contribution is 2.49. The molecule has 1 aliphatic heterocycles. The SMILES string of the molecule is CC(C)N(C)C(=O)C1(C(=O)N2CC(OC(F)F)C2)CC1. The molecule has 0 N–H and O–H groups in total. The van der Waals surface area contributed by atoms with Gasteiger partial charge in [0.05, 0.1) is 6.10 Å². The smallest absolute Gasteiger partial charge is 0.342 e. The number of hydrogen-bond donors (Lipinski definition) is 0. The topological polar surface area (TPSA) is 49.9 Å². The Kier molecular flexibility index (Phi) is 4.00. The number of carbonyl (C=O) groups is 2. The van der Waals surface area contributed by atoms with Crippen molar-refractivity contribution in [3.8, 4) is 0 Å². The molecule has 2 rings (SSSR count). The third-order valence-electron chi connectivity index (χ3n) is 4.09. The first-order valence-electron chi connectivity index (χ1n) is 6.78. The molecule has 2 fully saturated rings. The predicted molar refractivity (Wildman–Crippen MR) is 67.0 cm³/mol. The second-order valence-electron chi connectivity index (χ2n) is 5.82. The number of ether oxygens (including phenoxy) is 1. The van der Waals surface area contributed by atoms with Crippen LogP contribution in [0.5, 0.6) is 0 Å². The number of rotatable bonds is 5. The summed E-state index contributed by atoms with van der Waals surface area (Å²) in [5.74, 6) is -0.417. The molecule has 1 saturated carbocycles. The Balaban J connectivity index is 1.92. The Morgan fingerprint density at radius 1 is 1.30 bits per heavy atom. The first-order valence-corrected chi connectivity index (χ1v) is 6.78. The summed E-state index contributed by atoms with van der Waals surface area (Å²) in [6, 6.07) is 0.0269. The van der Waals surface area contributed by atoms with Gasteiger partial charge in [-0.3, -0.25) is 9.59 Å². The van der Waals surface area contributed by atoms with Crippen molar-refractivity contribution in [1.82, 2.24) is 9.80 Å². The Bertz CT molecular complexity index is 404.